The molecule has 0 aliphatic rings. The van der Waals surface area contributed by atoms with E-state index in [4.69, 9.17) is 0 Å². The van der Waals surface area contributed by atoms with Crippen LogP contribution >= 0.6 is 0 Å². The monoisotopic (exact) mass is 334 g/mol. The van der Waals surface area contributed by atoms with E-state index in [-0.39, 0.29) is 11.1 Å². The van der Waals surface area contributed by atoms with Crippen molar-refractivity contribution in [2.24, 2.45) is 0 Å². The van der Waals surface area contributed by atoms with Crippen LogP contribution in [0.5, 0.6) is 0 Å². The Balaban J connectivity index is 1.93. The zero-order chi connectivity index (χ0) is 17.8. The van der Waals surface area contributed by atoms with Gasteiger partial charge < -0.3 is 5.32 Å². The highest BCUT2D eigenvalue weighted by atomic mass is 19.1. The Morgan fingerprint density at radius 3 is 2.56 bits per heavy atom. The maximum absolute atomic E-state index is 13.7. The summed E-state index contributed by atoms with van der Waals surface area (Å²) in [4.78, 5) is 12.4. The Hall–Kier alpha value is -3.52. The van der Waals surface area contributed by atoms with Crippen LogP contribution in [0.2, 0.25) is 0 Å². The van der Waals surface area contributed by atoms with Crippen molar-refractivity contribution in [2.45, 2.75) is 0 Å². The van der Waals surface area contributed by atoms with Gasteiger partial charge in [-0.05, 0) is 29.7 Å². The molecule has 0 bridgehead atoms. The van der Waals surface area contributed by atoms with E-state index in [0.717, 1.165) is 22.9 Å². The van der Waals surface area contributed by atoms with Gasteiger partial charge in [-0.2, -0.15) is 5.26 Å². The number of nitrogens with one attached hydrogen (secondary N) is 1. The summed E-state index contributed by atoms with van der Waals surface area (Å²) in [6, 6.07) is 17.6. The van der Waals surface area contributed by atoms with Gasteiger partial charge in [0.15, 0.2) is 0 Å². The lowest BCUT2D eigenvalue weighted by molar-refractivity contribution is -0.112. The van der Waals surface area contributed by atoms with E-state index in [1.54, 1.807) is 18.2 Å². The molecular weight excluding hydrogens is 322 g/mol. The fourth-order valence-corrected chi connectivity index (χ4v) is 2.45. The van der Waals surface area contributed by atoms with Gasteiger partial charge in [0.2, 0.25) is 0 Å². The lowest BCUT2D eigenvalue weighted by Gasteiger charge is -2.08. The lowest BCUT2D eigenvalue weighted by Crippen LogP contribution is -2.13. The Bertz CT molecular complexity index is 1030. The molecule has 0 aromatic heterocycles. The smallest absolute Gasteiger partial charge is 0.266 e. The SMILES string of the molecule is N#C/C(=C\c1ccc(F)cc1F)C(=O)Nc1cccc2ccccc12. The summed E-state index contributed by atoms with van der Waals surface area (Å²) in [7, 11) is 0. The van der Waals surface area contributed by atoms with Crippen molar-refractivity contribution in [1.82, 2.24) is 0 Å². The molecule has 0 aliphatic carbocycles. The summed E-state index contributed by atoms with van der Waals surface area (Å²) in [5.74, 6) is -2.23. The van der Waals surface area contributed by atoms with Crippen LogP contribution in [-0.2, 0) is 4.79 Å². The van der Waals surface area contributed by atoms with Crippen LogP contribution in [0.3, 0.4) is 0 Å². The van der Waals surface area contributed by atoms with E-state index in [0.29, 0.717) is 11.8 Å². The number of hydrogen-bond donors (Lipinski definition) is 1. The van der Waals surface area contributed by atoms with Crippen LogP contribution < -0.4 is 5.32 Å². The van der Waals surface area contributed by atoms with Gasteiger partial charge >= 0.3 is 0 Å². The number of carbonyl (C=O) groups is 1. The summed E-state index contributed by atoms with van der Waals surface area (Å²) < 4.78 is 26.7. The topological polar surface area (TPSA) is 52.9 Å². The van der Waals surface area contributed by atoms with E-state index in [2.05, 4.69) is 5.32 Å². The fourth-order valence-electron chi connectivity index (χ4n) is 2.45. The molecule has 3 rings (SSSR count). The van der Waals surface area contributed by atoms with Crippen molar-refractivity contribution in [1.29, 1.82) is 5.26 Å². The number of nitriles is 1. The van der Waals surface area contributed by atoms with Crippen LogP contribution in [-0.4, -0.2) is 5.91 Å². The van der Waals surface area contributed by atoms with Crippen molar-refractivity contribution >= 4 is 28.4 Å². The molecule has 122 valence electrons. The molecule has 3 aromatic rings. The molecule has 0 fully saturated rings. The molecule has 0 saturated carbocycles. The van der Waals surface area contributed by atoms with Gasteiger partial charge in [-0.3, -0.25) is 4.79 Å². The van der Waals surface area contributed by atoms with E-state index in [9.17, 15) is 18.8 Å². The number of benzene rings is 3. The molecular formula is C20H12F2N2O. The molecule has 0 aliphatic heterocycles. The normalized spacial score (nSPS) is 11.2. The van der Waals surface area contributed by atoms with E-state index in [1.165, 1.54) is 6.07 Å². The summed E-state index contributed by atoms with van der Waals surface area (Å²) in [6.07, 6.45) is 1.09. The van der Waals surface area contributed by atoms with Crippen molar-refractivity contribution in [3.05, 3.63) is 83.4 Å². The van der Waals surface area contributed by atoms with Gasteiger partial charge in [-0.1, -0.05) is 36.4 Å². The highest BCUT2D eigenvalue weighted by molar-refractivity contribution is 6.12. The number of rotatable bonds is 3. The molecule has 0 spiro atoms. The quantitative estimate of drug-likeness (QED) is 0.559. The van der Waals surface area contributed by atoms with Crippen LogP contribution in [0.15, 0.2) is 66.2 Å². The second kappa shape index (κ2) is 6.93. The molecule has 0 heterocycles. The first-order valence-electron chi connectivity index (χ1n) is 7.44. The van der Waals surface area contributed by atoms with Crippen LogP contribution in [0, 0.1) is 23.0 Å². The predicted octanol–water partition coefficient (Wildman–Crippen LogP) is 4.66. The molecule has 1 amide bonds. The van der Waals surface area contributed by atoms with Crippen LogP contribution in [0.25, 0.3) is 16.8 Å². The third-order valence-electron chi connectivity index (χ3n) is 3.67. The summed E-state index contributed by atoms with van der Waals surface area (Å²) in [6.45, 7) is 0. The number of anilines is 1. The first-order chi connectivity index (χ1) is 12.1. The minimum absolute atomic E-state index is 0.0361. The van der Waals surface area contributed by atoms with Crippen molar-refractivity contribution in [3.63, 3.8) is 0 Å². The Kier molecular flexibility index (Phi) is 4.53. The van der Waals surface area contributed by atoms with Gasteiger partial charge in [0.1, 0.15) is 23.3 Å². The Morgan fingerprint density at radius 1 is 1.04 bits per heavy atom. The average Bonchev–Trinajstić information content (AvgIpc) is 2.61. The average molecular weight is 334 g/mol. The largest absolute Gasteiger partial charge is 0.321 e. The minimum Gasteiger partial charge on any atom is -0.321 e. The summed E-state index contributed by atoms with van der Waals surface area (Å²) in [5, 5.41) is 13.6. The number of carbonyl (C=O) groups excluding carboxylic acids is 1. The highest BCUT2D eigenvalue weighted by Crippen LogP contribution is 2.23. The number of amides is 1. The first kappa shape index (κ1) is 16.3. The van der Waals surface area contributed by atoms with Crippen molar-refractivity contribution in [3.8, 4) is 6.07 Å². The zero-order valence-electron chi connectivity index (χ0n) is 13.0. The summed E-state index contributed by atoms with van der Waals surface area (Å²) >= 11 is 0. The number of nitrogens with zero attached hydrogens (tertiary/aromatic N) is 1. The standard InChI is InChI=1S/C20H12F2N2O/c21-16-9-8-14(18(22)11-16)10-15(12-23)20(25)24-19-7-3-5-13-4-1-2-6-17(13)19/h1-11H,(H,24,25)/b15-10+. The first-order valence-corrected chi connectivity index (χ1v) is 7.44. The Labute approximate surface area is 142 Å². The predicted molar refractivity (Wildman–Crippen MR) is 92.5 cm³/mol. The van der Waals surface area contributed by atoms with E-state index < -0.39 is 17.5 Å². The molecule has 3 aromatic carbocycles. The third kappa shape index (κ3) is 3.54. The molecule has 0 radical (unpaired) electrons. The second-order valence-electron chi connectivity index (χ2n) is 5.32. The molecule has 0 unspecified atom stereocenters. The molecule has 3 nitrogen and oxygen atoms in total. The van der Waals surface area contributed by atoms with Crippen LogP contribution in [0.1, 0.15) is 5.56 Å². The highest BCUT2D eigenvalue weighted by Gasteiger charge is 2.12. The van der Waals surface area contributed by atoms with Gasteiger partial charge in [0, 0.05) is 22.7 Å². The number of fused-ring (bicyclic) bond motifs is 1. The lowest BCUT2D eigenvalue weighted by atomic mass is 10.1. The zero-order valence-corrected chi connectivity index (χ0v) is 13.0. The maximum atomic E-state index is 13.7. The molecule has 5 heteroatoms. The van der Waals surface area contributed by atoms with E-state index >= 15 is 0 Å². The van der Waals surface area contributed by atoms with Gasteiger partial charge in [-0.15, -0.1) is 0 Å². The molecule has 25 heavy (non-hydrogen) atoms. The second-order valence-corrected chi connectivity index (χ2v) is 5.32. The number of hydrogen-bond acceptors (Lipinski definition) is 2. The Morgan fingerprint density at radius 2 is 1.80 bits per heavy atom. The van der Waals surface area contributed by atoms with Crippen LogP contribution in [0.4, 0.5) is 14.5 Å². The summed E-state index contributed by atoms with van der Waals surface area (Å²) in [5.41, 5.74) is 0.230. The number of halogens is 2. The molecule has 0 saturated heterocycles. The maximum Gasteiger partial charge on any atom is 0.266 e. The minimum atomic E-state index is -0.842. The molecule has 1 N–H and O–H groups in total. The van der Waals surface area contributed by atoms with Gasteiger partial charge in [0.25, 0.3) is 5.91 Å². The third-order valence-corrected chi connectivity index (χ3v) is 3.67. The van der Waals surface area contributed by atoms with E-state index in [1.807, 2.05) is 30.3 Å². The van der Waals surface area contributed by atoms with Gasteiger partial charge in [0.05, 0.1) is 0 Å². The molecule has 0 atom stereocenters. The van der Waals surface area contributed by atoms with Crippen molar-refractivity contribution < 1.29 is 13.6 Å². The van der Waals surface area contributed by atoms with Crippen molar-refractivity contribution in [2.75, 3.05) is 5.32 Å². The van der Waals surface area contributed by atoms with Gasteiger partial charge in [-0.25, -0.2) is 8.78 Å². The fraction of sp³-hybridized carbons (Fsp3) is 0.